The quantitative estimate of drug-likeness (QED) is 0.671. The van der Waals surface area contributed by atoms with E-state index in [0.29, 0.717) is 13.1 Å². The second-order valence-corrected chi connectivity index (χ2v) is 7.30. The van der Waals surface area contributed by atoms with E-state index >= 15 is 0 Å². The van der Waals surface area contributed by atoms with E-state index in [-0.39, 0.29) is 11.5 Å². The van der Waals surface area contributed by atoms with E-state index in [9.17, 15) is 13.6 Å². The molecule has 0 spiro atoms. The van der Waals surface area contributed by atoms with Crippen LogP contribution in [0.3, 0.4) is 0 Å². The van der Waals surface area contributed by atoms with Gasteiger partial charge in [0.05, 0.1) is 20.8 Å². The van der Waals surface area contributed by atoms with Crippen molar-refractivity contribution in [1.82, 2.24) is 9.88 Å². The predicted molar refractivity (Wildman–Crippen MR) is 93.9 cm³/mol. The van der Waals surface area contributed by atoms with Crippen molar-refractivity contribution < 1.29 is 13.6 Å². The number of para-hydroxylation sites is 1. The summed E-state index contributed by atoms with van der Waals surface area (Å²) in [5, 5.41) is 0.999. The molecule has 6 heteroatoms. The third-order valence-electron chi connectivity index (χ3n) is 4.53. The molecule has 1 saturated heterocycles. The lowest BCUT2D eigenvalue weighted by Gasteiger charge is -2.32. The second-order valence-electron chi connectivity index (χ2n) is 6.23. The number of fused-ring (bicyclic) bond motifs is 1. The number of carbonyl (C=O) groups is 1. The van der Waals surface area contributed by atoms with Gasteiger partial charge in [0.2, 0.25) is 0 Å². The van der Waals surface area contributed by atoms with Crippen molar-refractivity contribution in [2.45, 2.75) is 18.8 Å². The summed E-state index contributed by atoms with van der Waals surface area (Å²) < 4.78 is 28.4. The Labute approximate surface area is 147 Å². The Morgan fingerprint density at radius 3 is 2.88 bits per heavy atom. The standard InChI is InChI=1S/C19H16F2N2OS/c20-13-7-8-15(21)14(10-13)19(24)23-9-3-4-12(11-23)18-22-16-5-1-2-6-17(16)25-18/h1-2,5-8,10,12H,3-4,9,11H2/t12-/m1/s1. The lowest BCUT2D eigenvalue weighted by molar-refractivity contribution is 0.0702. The van der Waals surface area contributed by atoms with Crippen LogP contribution in [0, 0.1) is 11.6 Å². The highest BCUT2D eigenvalue weighted by molar-refractivity contribution is 7.18. The molecule has 1 fully saturated rings. The van der Waals surface area contributed by atoms with Crippen LogP contribution in [0.5, 0.6) is 0 Å². The molecule has 1 amide bonds. The minimum absolute atomic E-state index is 0.131. The fourth-order valence-corrected chi connectivity index (χ4v) is 4.35. The summed E-state index contributed by atoms with van der Waals surface area (Å²) in [6.07, 6.45) is 1.76. The van der Waals surface area contributed by atoms with Crippen molar-refractivity contribution in [2.75, 3.05) is 13.1 Å². The molecule has 1 atom stereocenters. The number of carbonyl (C=O) groups excluding carboxylic acids is 1. The maximum absolute atomic E-state index is 13.9. The summed E-state index contributed by atoms with van der Waals surface area (Å²) in [5.74, 6) is -1.62. The van der Waals surface area contributed by atoms with E-state index in [1.807, 2.05) is 24.3 Å². The van der Waals surface area contributed by atoms with Gasteiger partial charge in [0.25, 0.3) is 5.91 Å². The van der Waals surface area contributed by atoms with Crippen LogP contribution < -0.4 is 0 Å². The van der Waals surface area contributed by atoms with Crippen molar-refractivity contribution in [3.05, 3.63) is 64.7 Å². The molecule has 25 heavy (non-hydrogen) atoms. The molecule has 1 aliphatic heterocycles. The number of hydrogen-bond acceptors (Lipinski definition) is 3. The van der Waals surface area contributed by atoms with Crippen LogP contribution in [0.1, 0.15) is 34.1 Å². The van der Waals surface area contributed by atoms with Crippen molar-refractivity contribution in [3.63, 3.8) is 0 Å². The summed E-state index contributed by atoms with van der Waals surface area (Å²) in [4.78, 5) is 18.9. The number of hydrogen-bond donors (Lipinski definition) is 0. The molecule has 3 nitrogen and oxygen atoms in total. The third-order valence-corrected chi connectivity index (χ3v) is 5.73. The first-order valence-electron chi connectivity index (χ1n) is 8.21. The number of rotatable bonds is 2. The summed E-state index contributed by atoms with van der Waals surface area (Å²) in [6.45, 7) is 1.03. The molecular formula is C19H16F2N2OS. The van der Waals surface area contributed by atoms with Gasteiger partial charge in [-0.15, -0.1) is 11.3 Å². The number of aromatic nitrogens is 1. The van der Waals surface area contributed by atoms with E-state index in [1.165, 1.54) is 0 Å². The summed E-state index contributed by atoms with van der Waals surface area (Å²) in [6, 6.07) is 10.9. The van der Waals surface area contributed by atoms with Gasteiger partial charge in [0.1, 0.15) is 11.6 Å². The fourth-order valence-electron chi connectivity index (χ4n) is 3.26. The smallest absolute Gasteiger partial charge is 0.256 e. The van der Waals surface area contributed by atoms with E-state index in [0.717, 1.165) is 46.3 Å². The van der Waals surface area contributed by atoms with Crippen LogP contribution in [0.4, 0.5) is 8.78 Å². The first-order valence-corrected chi connectivity index (χ1v) is 9.03. The van der Waals surface area contributed by atoms with E-state index in [1.54, 1.807) is 16.2 Å². The van der Waals surface area contributed by atoms with Crippen molar-refractivity contribution in [2.24, 2.45) is 0 Å². The van der Waals surface area contributed by atoms with Crippen LogP contribution in [0.15, 0.2) is 42.5 Å². The molecule has 0 bridgehead atoms. The van der Waals surface area contributed by atoms with Crippen LogP contribution in [-0.4, -0.2) is 28.9 Å². The highest BCUT2D eigenvalue weighted by Gasteiger charge is 2.28. The molecule has 0 radical (unpaired) electrons. The minimum Gasteiger partial charge on any atom is -0.338 e. The summed E-state index contributed by atoms with van der Waals surface area (Å²) in [7, 11) is 0. The molecule has 2 aromatic carbocycles. The van der Waals surface area contributed by atoms with Gasteiger partial charge >= 0.3 is 0 Å². The molecule has 3 aromatic rings. The van der Waals surface area contributed by atoms with Gasteiger partial charge in [-0.3, -0.25) is 4.79 Å². The van der Waals surface area contributed by atoms with E-state index in [2.05, 4.69) is 4.98 Å². The normalized spacial score (nSPS) is 17.8. The molecule has 4 rings (SSSR count). The Morgan fingerprint density at radius 2 is 2.04 bits per heavy atom. The molecule has 0 aliphatic carbocycles. The first-order chi connectivity index (χ1) is 12.1. The number of thiazole rings is 1. The third kappa shape index (κ3) is 3.14. The Hall–Kier alpha value is -2.34. The fraction of sp³-hybridized carbons (Fsp3) is 0.263. The van der Waals surface area contributed by atoms with Crippen LogP contribution in [-0.2, 0) is 0 Å². The molecule has 0 unspecified atom stereocenters. The molecule has 0 N–H and O–H groups in total. The van der Waals surface area contributed by atoms with Gasteiger partial charge in [-0.2, -0.15) is 0 Å². The van der Waals surface area contributed by atoms with Gasteiger partial charge < -0.3 is 4.90 Å². The minimum atomic E-state index is -0.687. The molecule has 1 aromatic heterocycles. The molecule has 1 aliphatic rings. The average Bonchev–Trinajstić information content (AvgIpc) is 3.07. The van der Waals surface area contributed by atoms with E-state index in [4.69, 9.17) is 0 Å². The summed E-state index contributed by atoms with van der Waals surface area (Å²) in [5.41, 5.74) is 0.757. The van der Waals surface area contributed by atoms with Crippen molar-refractivity contribution in [3.8, 4) is 0 Å². The monoisotopic (exact) mass is 358 g/mol. The summed E-state index contributed by atoms with van der Waals surface area (Å²) >= 11 is 1.64. The topological polar surface area (TPSA) is 33.2 Å². The Kier molecular flexibility index (Phi) is 4.21. The van der Waals surface area contributed by atoms with Gasteiger partial charge in [-0.25, -0.2) is 13.8 Å². The van der Waals surface area contributed by atoms with Crippen LogP contribution in [0.2, 0.25) is 0 Å². The number of nitrogens with zero attached hydrogens (tertiary/aromatic N) is 2. The number of amides is 1. The van der Waals surface area contributed by atoms with Crippen molar-refractivity contribution in [1.29, 1.82) is 0 Å². The first kappa shape index (κ1) is 16.1. The highest BCUT2D eigenvalue weighted by Crippen LogP contribution is 2.33. The lowest BCUT2D eigenvalue weighted by atomic mass is 9.98. The zero-order valence-electron chi connectivity index (χ0n) is 13.4. The van der Waals surface area contributed by atoms with E-state index < -0.39 is 17.5 Å². The average molecular weight is 358 g/mol. The lowest BCUT2D eigenvalue weighted by Crippen LogP contribution is -2.39. The number of halogens is 2. The molecular weight excluding hydrogens is 342 g/mol. The van der Waals surface area contributed by atoms with Gasteiger partial charge in [0.15, 0.2) is 0 Å². The molecule has 0 saturated carbocycles. The van der Waals surface area contributed by atoms with Gasteiger partial charge in [-0.1, -0.05) is 12.1 Å². The number of piperidine rings is 1. The molecule has 2 heterocycles. The predicted octanol–water partition coefficient (Wildman–Crippen LogP) is 4.59. The maximum atomic E-state index is 13.9. The van der Waals surface area contributed by atoms with Crippen LogP contribution >= 0.6 is 11.3 Å². The molecule has 128 valence electrons. The second kappa shape index (κ2) is 6.52. The SMILES string of the molecule is O=C(c1cc(F)ccc1F)N1CCC[C@@H](c2nc3ccccc3s2)C1. The highest BCUT2D eigenvalue weighted by atomic mass is 32.1. The Morgan fingerprint density at radius 1 is 1.20 bits per heavy atom. The van der Waals surface area contributed by atoms with Gasteiger partial charge in [0, 0.05) is 19.0 Å². The number of benzene rings is 2. The van der Waals surface area contributed by atoms with Crippen LogP contribution in [0.25, 0.3) is 10.2 Å². The Balaban J connectivity index is 1.58. The maximum Gasteiger partial charge on any atom is 0.256 e. The zero-order chi connectivity index (χ0) is 17.4. The van der Waals surface area contributed by atoms with Crippen molar-refractivity contribution >= 4 is 27.5 Å². The Bertz CT molecular complexity index is 907. The zero-order valence-corrected chi connectivity index (χ0v) is 14.2. The van der Waals surface area contributed by atoms with Gasteiger partial charge in [-0.05, 0) is 43.2 Å². The number of likely N-dealkylation sites (tertiary alicyclic amines) is 1. The largest absolute Gasteiger partial charge is 0.338 e.